The topological polar surface area (TPSA) is 110 Å². The van der Waals surface area contributed by atoms with E-state index in [2.05, 4.69) is 26.2 Å². The van der Waals surface area contributed by atoms with Crippen molar-refractivity contribution in [3.05, 3.63) is 46.5 Å². The van der Waals surface area contributed by atoms with Crippen LogP contribution in [0.5, 0.6) is 0 Å². The number of nitrogens with one attached hydrogen (secondary N) is 1. The number of imidazole rings is 1. The molecule has 1 amide bonds. The lowest BCUT2D eigenvalue weighted by molar-refractivity contribution is 0.0690. The maximum atomic E-state index is 11.1. The van der Waals surface area contributed by atoms with E-state index in [-0.39, 0.29) is 5.69 Å². The number of anilines is 1. The number of carbonyl (C=O) groups is 2. The van der Waals surface area contributed by atoms with Gasteiger partial charge in [0.15, 0.2) is 5.69 Å². The van der Waals surface area contributed by atoms with E-state index in [1.54, 1.807) is 22.8 Å². The highest BCUT2D eigenvalue weighted by atomic mass is 79.9. The number of rotatable bonds is 6. The molecule has 0 unspecified atom stereocenters. The van der Waals surface area contributed by atoms with Gasteiger partial charge in [-0.05, 0) is 34.1 Å². The number of nitrogens with two attached hydrogens (primary N) is 1. The number of aromatic carboxylic acids is 1. The quantitative estimate of drug-likeness (QED) is 0.730. The Labute approximate surface area is 128 Å². The van der Waals surface area contributed by atoms with E-state index >= 15 is 0 Å². The molecule has 21 heavy (non-hydrogen) atoms. The molecule has 8 heteroatoms. The summed E-state index contributed by atoms with van der Waals surface area (Å²) >= 11 is 3.28. The van der Waals surface area contributed by atoms with Crippen molar-refractivity contribution < 1.29 is 14.7 Å². The number of hydrogen-bond acceptors (Lipinski definition) is 4. The number of carboxylic acid groups (broad SMARTS) is 1. The van der Waals surface area contributed by atoms with E-state index in [1.165, 1.54) is 12.5 Å². The number of nitrogens with zero attached hydrogens (tertiary/aromatic N) is 2. The Hall–Kier alpha value is -2.35. The molecule has 1 aromatic heterocycles. The van der Waals surface area contributed by atoms with Gasteiger partial charge in [-0.2, -0.15) is 0 Å². The fourth-order valence-electron chi connectivity index (χ4n) is 1.75. The highest BCUT2D eigenvalue weighted by molar-refractivity contribution is 9.10. The van der Waals surface area contributed by atoms with E-state index < -0.39 is 11.9 Å². The van der Waals surface area contributed by atoms with Gasteiger partial charge < -0.3 is 20.7 Å². The molecule has 0 aliphatic rings. The maximum absolute atomic E-state index is 11.1. The van der Waals surface area contributed by atoms with E-state index in [4.69, 9.17) is 10.8 Å². The average molecular weight is 353 g/mol. The van der Waals surface area contributed by atoms with Crippen LogP contribution in [0.3, 0.4) is 0 Å². The van der Waals surface area contributed by atoms with Gasteiger partial charge in [-0.3, -0.25) is 4.79 Å². The lowest BCUT2D eigenvalue weighted by atomic mass is 10.2. The molecule has 0 fully saturated rings. The first-order chi connectivity index (χ1) is 9.97. The van der Waals surface area contributed by atoms with Crippen LogP contribution in [0.2, 0.25) is 0 Å². The lowest BCUT2D eigenvalue weighted by Crippen LogP contribution is -2.13. The first-order valence-electron chi connectivity index (χ1n) is 6.05. The summed E-state index contributed by atoms with van der Waals surface area (Å²) in [7, 11) is 0. The van der Waals surface area contributed by atoms with Crippen LogP contribution < -0.4 is 11.1 Å². The number of benzene rings is 1. The number of primary amides is 1. The van der Waals surface area contributed by atoms with Crippen LogP contribution in [0.25, 0.3) is 0 Å². The van der Waals surface area contributed by atoms with Gasteiger partial charge >= 0.3 is 5.97 Å². The standard InChI is InChI=1S/C13H13BrN4O3/c14-10-5-8(1-2-9(10)12(15)19)16-3-4-18-6-11(13(20)21)17-7-18/h1-2,5-7,16H,3-4H2,(H2,15,19)(H,20,21). The second-order valence-electron chi connectivity index (χ2n) is 4.29. The number of carbonyl (C=O) groups excluding carboxylic acids is 1. The number of amides is 1. The van der Waals surface area contributed by atoms with E-state index in [0.29, 0.717) is 23.1 Å². The summed E-state index contributed by atoms with van der Waals surface area (Å²) in [4.78, 5) is 25.6. The molecule has 0 saturated heterocycles. The second-order valence-corrected chi connectivity index (χ2v) is 5.14. The minimum absolute atomic E-state index is 0.0172. The summed E-state index contributed by atoms with van der Waals surface area (Å²) in [6.07, 6.45) is 2.94. The summed E-state index contributed by atoms with van der Waals surface area (Å²) in [6.45, 7) is 1.15. The summed E-state index contributed by atoms with van der Waals surface area (Å²) in [5.74, 6) is -1.54. The number of halogens is 1. The van der Waals surface area contributed by atoms with Crippen molar-refractivity contribution in [1.82, 2.24) is 9.55 Å². The third-order valence-electron chi connectivity index (χ3n) is 2.79. The summed E-state index contributed by atoms with van der Waals surface area (Å²) in [5.41, 5.74) is 6.48. The average Bonchev–Trinajstić information content (AvgIpc) is 2.87. The van der Waals surface area contributed by atoms with E-state index in [1.807, 2.05) is 0 Å². The number of aromatic nitrogens is 2. The summed E-state index contributed by atoms with van der Waals surface area (Å²) < 4.78 is 2.30. The Kier molecular flexibility index (Phi) is 4.59. The maximum Gasteiger partial charge on any atom is 0.356 e. The largest absolute Gasteiger partial charge is 0.476 e. The molecular formula is C13H13BrN4O3. The van der Waals surface area contributed by atoms with Gasteiger partial charge in [0.1, 0.15) is 0 Å². The predicted octanol–water partition coefficient (Wildman–Crippen LogP) is 1.55. The molecule has 0 spiro atoms. The minimum atomic E-state index is -1.05. The zero-order chi connectivity index (χ0) is 15.4. The molecule has 1 aromatic carbocycles. The molecule has 0 bridgehead atoms. The Balaban J connectivity index is 1.92. The van der Waals surface area contributed by atoms with Crippen molar-refractivity contribution in [3.8, 4) is 0 Å². The first-order valence-corrected chi connectivity index (χ1v) is 6.85. The number of carboxylic acids is 1. The molecule has 0 radical (unpaired) electrons. The van der Waals surface area contributed by atoms with E-state index in [9.17, 15) is 9.59 Å². The molecule has 110 valence electrons. The van der Waals surface area contributed by atoms with Crippen LogP contribution in [0.1, 0.15) is 20.8 Å². The van der Waals surface area contributed by atoms with Crippen LogP contribution in [-0.4, -0.2) is 33.1 Å². The third kappa shape index (κ3) is 3.82. The van der Waals surface area contributed by atoms with Gasteiger partial charge in [-0.1, -0.05) is 0 Å². The normalized spacial score (nSPS) is 10.3. The molecule has 1 heterocycles. The summed E-state index contributed by atoms with van der Waals surface area (Å²) in [5, 5.41) is 11.9. The highest BCUT2D eigenvalue weighted by Crippen LogP contribution is 2.21. The fourth-order valence-corrected chi connectivity index (χ4v) is 2.32. The van der Waals surface area contributed by atoms with Gasteiger partial charge in [-0.15, -0.1) is 0 Å². The minimum Gasteiger partial charge on any atom is -0.476 e. The first kappa shape index (κ1) is 15.0. The summed E-state index contributed by atoms with van der Waals surface area (Å²) in [6, 6.07) is 5.15. The Morgan fingerprint density at radius 3 is 2.76 bits per heavy atom. The Bertz CT molecular complexity index is 684. The van der Waals surface area contributed by atoms with Crippen LogP contribution >= 0.6 is 15.9 Å². The molecule has 0 aliphatic carbocycles. The predicted molar refractivity (Wildman–Crippen MR) is 80.3 cm³/mol. The van der Waals surface area contributed by atoms with Crippen LogP contribution in [0.15, 0.2) is 35.2 Å². The van der Waals surface area contributed by atoms with Crippen LogP contribution in [0.4, 0.5) is 5.69 Å². The molecular weight excluding hydrogens is 340 g/mol. The van der Waals surface area contributed by atoms with Gasteiger partial charge in [0, 0.05) is 29.4 Å². The van der Waals surface area contributed by atoms with Gasteiger partial charge in [0.2, 0.25) is 5.91 Å². The SMILES string of the molecule is NC(=O)c1ccc(NCCn2cnc(C(=O)O)c2)cc1Br. The zero-order valence-electron chi connectivity index (χ0n) is 10.9. The number of hydrogen-bond donors (Lipinski definition) is 3. The fraction of sp³-hybridized carbons (Fsp3) is 0.154. The third-order valence-corrected chi connectivity index (χ3v) is 3.44. The Morgan fingerprint density at radius 2 is 2.19 bits per heavy atom. The molecule has 0 saturated carbocycles. The molecule has 0 atom stereocenters. The highest BCUT2D eigenvalue weighted by Gasteiger charge is 2.07. The van der Waals surface area contributed by atoms with Gasteiger partial charge in [-0.25, -0.2) is 9.78 Å². The van der Waals surface area contributed by atoms with E-state index in [0.717, 1.165) is 5.69 Å². The smallest absolute Gasteiger partial charge is 0.356 e. The van der Waals surface area contributed by atoms with Gasteiger partial charge in [0.25, 0.3) is 0 Å². The van der Waals surface area contributed by atoms with Crippen LogP contribution in [0, 0.1) is 0 Å². The van der Waals surface area contributed by atoms with Crippen LogP contribution in [-0.2, 0) is 6.54 Å². The second kappa shape index (κ2) is 6.40. The van der Waals surface area contributed by atoms with Crippen molar-refractivity contribution in [2.45, 2.75) is 6.54 Å². The van der Waals surface area contributed by atoms with Crippen molar-refractivity contribution in [2.24, 2.45) is 5.73 Å². The monoisotopic (exact) mass is 352 g/mol. The molecule has 2 rings (SSSR count). The van der Waals surface area contributed by atoms with Crippen molar-refractivity contribution in [2.75, 3.05) is 11.9 Å². The van der Waals surface area contributed by atoms with Crippen molar-refractivity contribution in [1.29, 1.82) is 0 Å². The lowest BCUT2D eigenvalue weighted by Gasteiger charge is -2.08. The molecule has 4 N–H and O–H groups in total. The van der Waals surface area contributed by atoms with Gasteiger partial charge in [0.05, 0.1) is 11.9 Å². The van der Waals surface area contributed by atoms with Crippen molar-refractivity contribution >= 4 is 33.5 Å². The Morgan fingerprint density at radius 1 is 1.43 bits per heavy atom. The van der Waals surface area contributed by atoms with Crippen molar-refractivity contribution in [3.63, 3.8) is 0 Å². The molecule has 2 aromatic rings. The molecule has 0 aliphatic heterocycles. The zero-order valence-corrected chi connectivity index (χ0v) is 12.5. The molecule has 7 nitrogen and oxygen atoms in total.